The maximum absolute atomic E-state index is 13.0. The van der Waals surface area contributed by atoms with Crippen LogP contribution in [0.2, 0.25) is 5.02 Å². The lowest BCUT2D eigenvalue weighted by Crippen LogP contribution is -2.35. The van der Waals surface area contributed by atoms with Crippen LogP contribution in [-0.2, 0) is 9.59 Å². The SMILES string of the molecule is CC(C)Oc1ccc(C(O)=C2C(=O)C(=O)N(CCN(C)C)C2c2ccc(Cl)cc2)cc1. The van der Waals surface area contributed by atoms with Crippen molar-refractivity contribution in [1.82, 2.24) is 9.80 Å². The Morgan fingerprint density at radius 3 is 2.26 bits per heavy atom. The summed E-state index contributed by atoms with van der Waals surface area (Å²) in [5.41, 5.74) is 1.23. The maximum atomic E-state index is 13.0. The van der Waals surface area contributed by atoms with Crippen LogP contribution in [-0.4, -0.2) is 59.9 Å². The first kappa shape index (κ1) is 22.8. The van der Waals surface area contributed by atoms with Crippen molar-refractivity contribution in [2.45, 2.75) is 26.0 Å². The summed E-state index contributed by atoms with van der Waals surface area (Å²) in [5, 5.41) is 11.6. The zero-order chi connectivity index (χ0) is 22.7. The highest BCUT2D eigenvalue weighted by atomic mass is 35.5. The first-order valence-electron chi connectivity index (χ1n) is 10.1. The van der Waals surface area contributed by atoms with Crippen LogP contribution in [0.25, 0.3) is 5.76 Å². The molecule has 0 spiro atoms. The minimum atomic E-state index is -0.696. The lowest BCUT2D eigenvalue weighted by molar-refractivity contribution is -0.140. The molecular formula is C24H27ClN2O4. The highest BCUT2D eigenvalue weighted by Gasteiger charge is 2.45. The van der Waals surface area contributed by atoms with E-state index in [9.17, 15) is 14.7 Å². The van der Waals surface area contributed by atoms with Crippen LogP contribution in [0, 0.1) is 0 Å². The van der Waals surface area contributed by atoms with Crippen LogP contribution in [0.1, 0.15) is 31.0 Å². The number of Topliss-reactive ketones (excluding diaryl/α,β-unsaturated/α-hetero) is 1. The Kier molecular flexibility index (Phi) is 7.03. The van der Waals surface area contributed by atoms with Gasteiger partial charge in [0.05, 0.1) is 17.7 Å². The van der Waals surface area contributed by atoms with E-state index in [1.807, 2.05) is 32.8 Å². The van der Waals surface area contributed by atoms with E-state index in [2.05, 4.69) is 0 Å². The number of likely N-dealkylation sites (N-methyl/N-ethyl adjacent to an activating group) is 1. The third-order valence-electron chi connectivity index (χ3n) is 5.01. The number of benzene rings is 2. The van der Waals surface area contributed by atoms with E-state index in [1.165, 1.54) is 4.90 Å². The van der Waals surface area contributed by atoms with E-state index in [-0.39, 0.29) is 17.4 Å². The second-order valence-corrected chi connectivity index (χ2v) is 8.47. The van der Waals surface area contributed by atoms with Gasteiger partial charge in [-0.05, 0) is 69.9 Å². The fraction of sp³-hybridized carbons (Fsp3) is 0.333. The highest BCUT2D eigenvalue weighted by molar-refractivity contribution is 6.46. The van der Waals surface area contributed by atoms with Crippen LogP contribution in [0.5, 0.6) is 5.75 Å². The zero-order valence-corrected chi connectivity index (χ0v) is 18.9. The second-order valence-electron chi connectivity index (χ2n) is 8.04. The lowest BCUT2D eigenvalue weighted by atomic mass is 9.95. The minimum absolute atomic E-state index is 0.0198. The molecule has 0 bridgehead atoms. The van der Waals surface area contributed by atoms with Gasteiger partial charge >= 0.3 is 0 Å². The number of hydrogen-bond acceptors (Lipinski definition) is 5. The summed E-state index contributed by atoms with van der Waals surface area (Å²) in [4.78, 5) is 29.3. The Bertz CT molecular complexity index is 982. The van der Waals surface area contributed by atoms with Crippen molar-refractivity contribution in [1.29, 1.82) is 0 Å². The van der Waals surface area contributed by atoms with Crippen molar-refractivity contribution in [2.24, 2.45) is 0 Å². The molecule has 2 aromatic carbocycles. The summed E-state index contributed by atoms with van der Waals surface area (Å²) >= 11 is 6.03. The Balaban J connectivity index is 2.06. The fourth-order valence-corrected chi connectivity index (χ4v) is 3.66. The molecular weight excluding hydrogens is 416 g/mol. The molecule has 1 unspecified atom stereocenters. The van der Waals surface area contributed by atoms with Crippen molar-refractivity contribution >= 4 is 29.1 Å². The topological polar surface area (TPSA) is 70.1 Å². The van der Waals surface area contributed by atoms with E-state index in [4.69, 9.17) is 16.3 Å². The molecule has 1 heterocycles. The van der Waals surface area contributed by atoms with Gasteiger partial charge in [0.25, 0.3) is 11.7 Å². The molecule has 0 aliphatic carbocycles. The third kappa shape index (κ3) is 5.09. The van der Waals surface area contributed by atoms with Gasteiger partial charge in [0.1, 0.15) is 11.5 Å². The smallest absolute Gasteiger partial charge is 0.295 e. The van der Waals surface area contributed by atoms with Gasteiger partial charge < -0.3 is 19.6 Å². The Morgan fingerprint density at radius 1 is 1.10 bits per heavy atom. The predicted molar refractivity (Wildman–Crippen MR) is 121 cm³/mol. The summed E-state index contributed by atoms with van der Waals surface area (Å²) in [7, 11) is 3.79. The summed E-state index contributed by atoms with van der Waals surface area (Å²) in [6.45, 7) is 4.78. The van der Waals surface area contributed by atoms with Gasteiger partial charge in [-0.3, -0.25) is 9.59 Å². The van der Waals surface area contributed by atoms with Crippen LogP contribution >= 0.6 is 11.6 Å². The number of rotatable bonds is 7. The quantitative estimate of drug-likeness (QED) is 0.397. The molecule has 2 aromatic rings. The molecule has 6 nitrogen and oxygen atoms in total. The van der Waals surface area contributed by atoms with Gasteiger partial charge in [-0.1, -0.05) is 23.7 Å². The molecule has 0 aromatic heterocycles. The van der Waals surface area contributed by atoms with Gasteiger partial charge in [0, 0.05) is 23.7 Å². The predicted octanol–water partition coefficient (Wildman–Crippen LogP) is 4.11. The van der Waals surface area contributed by atoms with E-state index < -0.39 is 17.7 Å². The first-order valence-corrected chi connectivity index (χ1v) is 10.5. The van der Waals surface area contributed by atoms with Crippen LogP contribution in [0.4, 0.5) is 0 Å². The molecule has 1 fully saturated rings. The first-order chi connectivity index (χ1) is 14.7. The number of hydrogen-bond donors (Lipinski definition) is 1. The van der Waals surface area contributed by atoms with Gasteiger partial charge in [0.2, 0.25) is 0 Å². The number of ketones is 1. The molecule has 0 radical (unpaired) electrons. The fourth-order valence-electron chi connectivity index (χ4n) is 3.53. The number of nitrogens with zero attached hydrogens (tertiary/aromatic N) is 2. The molecule has 1 amide bonds. The Morgan fingerprint density at radius 2 is 1.71 bits per heavy atom. The summed E-state index contributed by atoms with van der Waals surface area (Å²) in [5.74, 6) is -0.865. The van der Waals surface area contributed by atoms with Gasteiger partial charge in [0.15, 0.2) is 0 Å². The number of amides is 1. The molecule has 31 heavy (non-hydrogen) atoms. The average molecular weight is 443 g/mol. The largest absolute Gasteiger partial charge is 0.507 e. The number of aliphatic hydroxyl groups is 1. The molecule has 1 aliphatic heterocycles. The number of halogens is 1. The Labute approximate surface area is 187 Å². The van der Waals surface area contributed by atoms with Crippen molar-refractivity contribution in [3.63, 3.8) is 0 Å². The molecule has 1 N–H and O–H groups in total. The number of carbonyl (C=O) groups is 2. The molecule has 7 heteroatoms. The normalized spacial score (nSPS) is 18.3. The molecule has 1 aliphatic rings. The number of ether oxygens (including phenoxy) is 1. The molecule has 1 atom stereocenters. The van der Waals surface area contributed by atoms with E-state index in [0.29, 0.717) is 35.0 Å². The average Bonchev–Trinajstić information content (AvgIpc) is 2.97. The van der Waals surface area contributed by atoms with Crippen molar-refractivity contribution < 1.29 is 19.4 Å². The van der Waals surface area contributed by atoms with Crippen molar-refractivity contribution in [3.05, 3.63) is 70.3 Å². The third-order valence-corrected chi connectivity index (χ3v) is 5.27. The molecule has 164 valence electrons. The molecule has 1 saturated heterocycles. The minimum Gasteiger partial charge on any atom is -0.507 e. The van der Waals surface area contributed by atoms with Gasteiger partial charge in [-0.15, -0.1) is 0 Å². The molecule has 3 rings (SSSR count). The van der Waals surface area contributed by atoms with Gasteiger partial charge in [-0.2, -0.15) is 0 Å². The zero-order valence-electron chi connectivity index (χ0n) is 18.1. The summed E-state index contributed by atoms with van der Waals surface area (Å²) < 4.78 is 5.64. The summed E-state index contributed by atoms with van der Waals surface area (Å²) in [6.07, 6.45) is 0.0198. The number of aliphatic hydroxyl groups excluding tert-OH is 1. The monoisotopic (exact) mass is 442 g/mol. The van der Waals surface area contributed by atoms with Crippen LogP contribution < -0.4 is 4.74 Å². The number of carbonyl (C=O) groups excluding carboxylic acids is 2. The van der Waals surface area contributed by atoms with E-state index in [1.54, 1.807) is 48.5 Å². The van der Waals surface area contributed by atoms with Gasteiger partial charge in [-0.25, -0.2) is 0 Å². The Hall–Kier alpha value is -2.83. The highest BCUT2D eigenvalue weighted by Crippen LogP contribution is 2.39. The van der Waals surface area contributed by atoms with Crippen molar-refractivity contribution in [3.8, 4) is 5.75 Å². The maximum Gasteiger partial charge on any atom is 0.295 e. The second kappa shape index (κ2) is 9.54. The van der Waals surface area contributed by atoms with Crippen LogP contribution in [0.15, 0.2) is 54.1 Å². The standard InChI is InChI=1S/C24H27ClN2O4/c1-15(2)31-19-11-7-17(8-12-19)22(28)20-21(16-5-9-18(25)10-6-16)27(14-13-26(3)4)24(30)23(20)29/h5-12,15,21,28H,13-14H2,1-4H3. The number of likely N-dealkylation sites (tertiary alicyclic amines) is 1. The van der Waals surface area contributed by atoms with Crippen LogP contribution in [0.3, 0.4) is 0 Å². The van der Waals surface area contributed by atoms with E-state index >= 15 is 0 Å². The van der Waals surface area contributed by atoms with Crippen molar-refractivity contribution in [2.75, 3.05) is 27.2 Å². The van der Waals surface area contributed by atoms with E-state index in [0.717, 1.165) is 0 Å². The lowest BCUT2D eigenvalue weighted by Gasteiger charge is -2.26. The molecule has 0 saturated carbocycles. The summed E-state index contributed by atoms with van der Waals surface area (Å²) in [6, 6.07) is 13.1.